The van der Waals surface area contributed by atoms with Crippen molar-refractivity contribution in [1.82, 2.24) is 4.90 Å². The highest BCUT2D eigenvalue weighted by molar-refractivity contribution is 14.1. The van der Waals surface area contributed by atoms with E-state index in [1.165, 1.54) is 0 Å². The van der Waals surface area contributed by atoms with E-state index in [2.05, 4.69) is 22.6 Å². The molecule has 0 aromatic heterocycles. The van der Waals surface area contributed by atoms with E-state index in [1.807, 2.05) is 32.4 Å². The number of halogens is 2. The molecule has 1 amide bonds. The molecular formula is C12H15ClINOS. The summed E-state index contributed by atoms with van der Waals surface area (Å²) >= 11 is 9.90. The summed E-state index contributed by atoms with van der Waals surface area (Å²) in [4.78, 5) is 13.9. The van der Waals surface area contributed by atoms with Crippen molar-refractivity contribution in [3.8, 4) is 0 Å². The Hall–Kier alpha value is 0.0600. The fourth-order valence-corrected chi connectivity index (χ4v) is 2.61. The Labute approximate surface area is 125 Å². The number of rotatable bonds is 4. The van der Waals surface area contributed by atoms with E-state index in [9.17, 15) is 4.79 Å². The van der Waals surface area contributed by atoms with Gasteiger partial charge in [0.2, 0.25) is 0 Å². The molecule has 1 unspecified atom stereocenters. The maximum atomic E-state index is 12.2. The lowest BCUT2D eigenvalue weighted by atomic mass is 10.2. The molecule has 5 heteroatoms. The molecule has 0 saturated heterocycles. The first-order chi connectivity index (χ1) is 7.97. The Balaban J connectivity index is 2.85. The molecule has 0 aliphatic carbocycles. The number of nitrogens with zero attached hydrogens (tertiary/aromatic N) is 1. The average Bonchev–Trinajstić information content (AvgIpc) is 2.31. The summed E-state index contributed by atoms with van der Waals surface area (Å²) in [5, 5.41) is 0.627. The van der Waals surface area contributed by atoms with Gasteiger partial charge >= 0.3 is 0 Å². The molecule has 94 valence electrons. The predicted octanol–water partition coefficient (Wildman–Crippen LogP) is 3.77. The number of carbonyl (C=O) groups is 1. The van der Waals surface area contributed by atoms with Crippen molar-refractivity contribution in [1.29, 1.82) is 0 Å². The second-order valence-corrected chi connectivity index (χ2v) is 6.33. The fourth-order valence-electron chi connectivity index (χ4n) is 1.39. The Morgan fingerprint density at radius 3 is 2.76 bits per heavy atom. The minimum atomic E-state index is 0.0184. The van der Waals surface area contributed by atoms with E-state index in [4.69, 9.17) is 11.6 Å². The van der Waals surface area contributed by atoms with Crippen molar-refractivity contribution in [2.75, 3.05) is 19.1 Å². The van der Waals surface area contributed by atoms with Gasteiger partial charge in [-0.05, 0) is 54.0 Å². The second kappa shape index (κ2) is 6.85. The molecule has 1 rings (SSSR count). The maximum absolute atomic E-state index is 12.2. The van der Waals surface area contributed by atoms with Crippen LogP contribution >= 0.6 is 46.0 Å². The van der Waals surface area contributed by atoms with Crippen LogP contribution in [0.25, 0.3) is 0 Å². The highest BCUT2D eigenvalue weighted by Crippen LogP contribution is 2.20. The SMILES string of the molecule is CSCC(C)N(C)C(=O)c1ccc(I)c(Cl)c1. The number of hydrogen-bond donors (Lipinski definition) is 0. The average molecular weight is 384 g/mol. The molecule has 0 bridgehead atoms. The van der Waals surface area contributed by atoms with Gasteiger partial charge in [-0.1, -0.05) is 11.6 Å². The van der Waals surface area contributed by atoms with E-state index in [0.717, 1.165) is 9.32 Å². The van der Waals surface area contributed by atoms with Crippen molar-refractivity contribution in [3.63, 3.8) is 0 Å². The van der Waals surface area contributed by atoms with Crippen LogP contribution in [-0.4, -0.2) is 35.9 Å². The molecule has 0 spiro atoms. The van der Waals surface area contributed by atoms with E-state index < -0.39 is 0 Å². The monoisotopic (exact) mass is 383 g/mol. The molecule has 0 aliphatic heterocycles. The first kappa shape index (κ1) is 15.1. The minimum absolute atomic E-state index is 0.0184. The van der Waals surface area contributed by atoms with Gasteiger partial charge in [-0.15, -0.1) is 0 Å². The smallest absolute Gasteiger partial charge is 0.253 e. The van der Waals surface area contributed by atoms with Gasteiger partial charge in [0, 0.05) is 28.0 Å². The van der Waals surface area contributed by atoms with Crippen molar-refractivity contribution in [3.05, 3.63) is 32.4 Å². The third-order valence-corrected chi connectivity index (χ3v) is 4.94. The molecule has 17 heavy (non-hydrogen) atoms. The van der Waals surface area contributed by atoms with Crippen LogP contribution in [0.4, 0.5) is 0 Å². The molecule has 1 atom stereocenters. The third kappa shape index (κ3) is 4.03. The maximum Gasteiger partial charge on any atom is 0.253 e. The molecule has 0 fully saturated rings. The van der Waals surface area contributed by atoms with E-state index in [-0.39, 0.29) is 11.9 Å². The molecule has 1 aromatic carbocycles. The zero-order chi connectivity index (χ0) is 13.0. The molecule has 0 aliphatic rings. The Morgan fingerprint density at radius 2 is 2.24 bits per heavy atom. The largest absolute Gasteiger partial charge is 0.338 e. The normalized spacial score (nSPS) is 12.3. The topological polar surface area (TPSA) is 20.3 Å². The van der Waals surface area contributed by atoms with Gasteiger partial charge in [-0.25, -0.2) is 0 Å². The van der Waals surface area contributed by atoms with Crippen LogP contribution in [0.5, 0.6) is 0 Å². The van der Waals surface area contributed by atoms with Gasteiger partial charge in [0.1, 0.15) is 0 Å². The van der Waals surface area contributed by atoms with Gasteiger partial charge in [0.05, 0.1) is 5.02 Å². The molecule has 0 saturated carbocycles. The fraction of sp³-hybridized carbons (Fsp3) is 0.417. The standard InChI is InChI=1S/C12H15ClINOS/c1-8(7-17-3)15(2)12(16)9-4-5-11(14)10(13)6-9/h4-6,8H,7H2,1-3H3. The molecule has 0 N–H and O–H groups in total. The molecule has 0 heterocycles. The van der Waals surface area contributed by atoms with Crippen LogP contribution in [0, 0.1) is 3.57 Å². The summed E-state index contributed by atoms with van der Waals surface area (Å²) in [6.07, 6.45) is 2.04. The lowest BCUT2D eigenvalue weighted by molar-refractivity contribution is 0.0757. The summed E-state index contributed by atoms with van der Waals surface area (Å²) in [6.45, 7) is 2.04. The quantitative estimate of drug-likeness (QED) is 0.738. The van der Waals surface area contributed by atoms with E-state index >= 15 is 0 Å². The highest BCUT2D eigenvalue weighted by atomic mass is 127. The summed E-state index contributed by atoms with van der Waals surface area (Å²) in [6, 6.07) is 5.63. The van der Waals surface area contributed by atoms with Gasteiger partial charge in [0.25, 0.3) is 5.91 Å². The van der Waals surface area contributed by atoms with Crippen LogP contribution < -0.4 is 0 Å². The van der Waals surface area contributed by atoms with E-state index in [1.54, 1.807) is 22.7 Å². The van der Waals surface area contributed by atoms with Crippen molar-refractivity contribution in [2.24, 2.45) is 0 Å². The number of thioether (sulfide) groups is 1. The first-order valence-corrected chi connectivity index (χ1v) is 8.03. The summed E-state index contributed by atoms with van der Waals surface area (Å²) in [5.41, 5.74) is 0.644. The Bertz CT molecular complexity index is 413. The van der Waals surface area contributed by atoms with Crippen molar-refractivity contribution in [2.45, 2.75) is 13.0 Å². The molecular weight excluding hydrogens is 369 g/mol. The van der Waals surface area contributed by atoms with Gasteiger partial charge in [-0.2, -0.15) is 11.8 Å². The van der Waals surface area contributed by atoms with Crippen LogP contribution in [0.15, 0.2) is 18.2 Å². The Kier molecular flexibility index (Phi) is 6.09. The van der Waals surface area contributed by atoms with Crippen molar-refractivity contribution < 1.29 is 4.79 Å². The van der Waals surface area contributed by atoms with Gasteiger partial charge in [-0.3, -0.25) is 4.79 Å². The summed E-state index contributed by atoms with van der Waals surface area (Å²) in [5.74, 6) is 0.949. The van der Waals surface area contributed by atoms with Crippen LogP contribution in [0.3, 0.4) is 0 Å². The van der Waals surface area contributed by atoms with Crippen LogP contribution in [0.2, 0.25) is 5.02 Å². The highest BCUT2D eigenvalue weighted by Gasteiger charge is 2.17. The van der Waals surface area contributed by atoms with Crippen LogP contribution in [-0.2, 0) is 0 Å². The number of amides is 1. The van der Waals surface area contributed by atoms with E-state index in [0.29, 0.717) is 10.6 Å². The Morgan fingerprint density at radius 1 is 1.59 bits per heavy atom. The number of carbonyl (C=O) groups excluding carboxylic acids is 1. The molecule has 2 nitrogen and oxygen atoms in total. The predicted molar refractivity (Wildman–Crippen MR) is 84.1 cm³/mol. The lowest BCUT2D eigenvalue weighted by Gasteiger charge is -2.24. The number of benzene rings is 1. The second-order valence-electron chi connectivity index (χ2n) is 3.85. The van der Waals surface area contributed by atoms with Gasteiger partial charge in [0.15, 0.2) is 0 Å². The number of hydrogen-bond acceptors (Lipinski definition) is 2. The zero-order valence-corrected chi connectivity index (χ0v) is 13.8. The minimum Gasteiger partial charge on any atom is -0.338 e. The van der Waals surface area contributed by atoms with Crippen LogP contribution in [0.1, 0.15) is 17.3 Å². The molecule has 1 aromatic rings. The summed E-state index contributed by atoms with van der Waals surface area (Å²) < 4.78 is 0.959. The molecule has 0 radical (unpaired) electrons. The zero-order valence-electron chi connectivity index (χ0n) is 10.0. The van der Waals surface area contributed by atoms with Crippen molar-refractivity contribution >= 4 is 51.9 Å². The third-order valence-electron chi connectivity index (χ3n) is 2.56. The first-order valence-electron chi connectivity index (χ1n) is 5.18. The van der Waals surface area contributed by atoms with Gasteiger partial charge < -0.3 is 4.90 Å². The summed E-state index contributed by atoms with van der Waals surface area (Å²) in [7, 11) is 1.83. The lowest BCUT2D eigenvalue weighted by Crippen LogP contribution is -2.36.